The van der Waals surface area contributed by atoms with Crippen LogP contribution in [0.4, 0.5) is 0 Å². The zero-order valence-corrected chi connectivity index (χ0v) is 9.39. The molecular formula is C12H18N2O2. The number of benzene rings is 1. The number of carbonyl (C=O) groups excluding carboxylic acids is 1. The maximum Gasteiger partial charge on any atom is 0.229 e. The van der Waals surface area contributed by atoms with Crippen molar-refractivity contribution in [3.8, 4) is 0 Å². The molecule has 0 bridgehead atoms. The number of hydrogen-bond donors (Lipinski definition) is 3. The Morgan fingerprint density at radius 3 is 2.56 bits per heavy atom. The summed E-state index contributed by atoms with van der Waals surface area (Å²) in [4.78, 5) is 11.8. The number of rotatable bonds is 5. The Morgan fingerprint density at radius 1 is 1.44 bits per heavy atom. The van der Waals surface area contributed by atoms with Crippen molar-refractivity contribution in [2.45, 2.75) is 18.9 Å². The van der Waals surface area contributed by atoms with Crippen LogP contribution < -0.4 is 11.1 Å². The van der Waals surface area contributed by atoms with Gasteiger partial charge in [-0.1, -0.05) is 30.3 Å². The number of aliphatic hydroxyl groups excluding tert-OH is 1. The Morgan fingerprint density at radius 2 is 2.06 bits per heavy atom. The summed E-state index contributed by atoms with van der Waals surface area (Å²) in [5.41, 5.74) is 6.50. The minimum Gasteiger partial charge on any atom is -0.394 e. The van der Waals surface area contributed by atoms with Gasteiger partial charge >= 0.3 is 0 Å². The Bertz CT molecular complexity index is 327. The van der Waals surface area contributed by atoms with Gasteiger partial charge in [0.1, 0.15) is 0 Å². The highest BCUT2D eigenvalue weighted by molar-refractivity contribution is 5.84. The van der Waals surface area contributed by atoms with Crippen molar-refractivity contribution < 1.29 is 9.90 Å². The minimum absolute atomic E-state index is 0.0716. The highest BCUT2D eigenvalue weighted by atomic mass is 16.3. The molecule has 0 heterocycles. The van der Waals surface area contributed by atoms with Crippen molar-refractivity contribution in [2.24, 2.45) is 5.73 Å². The Hall–Kier alpha value is -1.39. The van der Waals surface area contributed by atoms with Crippen molar-refractivity contribution in [3.63, 3.8) is 0 Å². The second-order valence-corrected chi connectivity index (χ2v) is 3.79. The van der Waals surface area contributed by atoms with Crippen LogP contribution in [-0.2, 0) is 4.79 Å². The van der Waals surface area contributed by atoms with Crippen LogP contribution in [0.1, 0.15) is 18.4 Å². The summed E-state index contributed by atoms with van der Waals surface area (Å²) in [5.74, 6) is -0.495. The summed E-state index contributed by atoms with van der Waals surface area (Å²) in [5, 5.41) is 11.6. The average Bonchev–Trinajstić information content (AvgIpc) is 2.31. The van der Waals surface area contributed by atoms with Gasteiger partial charge < -0.3 is 16.2 Å². The van der Waals surface area contributed by atoms with E-state index in [1.165, 1.54) is 0 Å². The number of amides is 1. The largest absolute Gasteiger partial charge is 0.394 e. The number of hydrogen-bond acceptors (Lipinski definition) is 3. The fourth-order valence-electron chi connectivity index (χ4n) is 1.47. The third kappa shape index (κ3) is 3.32. The molecule has 1 aromatic rings. The Kier molecular flexibility index (Phi) is 4.95. The van der Waals surface area contributed by atoms with Gasteiger partial charge in [0.05, 0.1) is 12.5 Å². The van der Waals surface area contributed by atoms with Crippen molar-refractivity contribution in [1.82, 2.24) is 5.32 Å². The van der Waals surface area contributed by atoms with Gasteiger partial charge in [-0.3, -0.25) is 4.79 Å². The van der Waals surface area contributed by atoms with Crippen LogP contribution in [0.5, 0.6) is 0 Å². The molecule has 16 heavy (non-hydrogen) atoms. The molecular weight excluding hydrogens is 204 g/mol. The molecule has 88 valence electrons. The zero-order valence-electron chi connectivity index (χ0n) is 9.39. The van der Waals surface area contributed by atoms with Crippen LogP contribution in [-0.4, -0.2) is 30.2 Å². The molecule has 1 unspecified atom stereocenters. The second-order valence-electron chi connectivity index (χ2n) is 3.79. The van der Waals surface area contributed by atoms with Crippen molar-refractivity contribution >= 4 is 5.91 Å². The van der Waals surface area contributed by atoms with Gasteiger partial charge in [0.25, 0.3) is 0 Å². The van der Waals surface area contributed by atoms with E-state index in [9.17, 15) is 4.79 Å². The molecule has 4 nitrogen and oxygen atoms in total. The Balaban J connectivity index is 2.71. The van der Waals surface area contributed by atoms with E-state index < -0.39 is 0 Å². The third-order valence-electron chi connectivity index (χ3n) is 2.42. The quantitative estimate of drug-likeness (QED) is 0.667. The first-order chi connectivity index (χ1) is 7.69. The van der Waals surface area contributed by atoms with Gasteiger partial charge in [-0.15, -0.1) is 0 Å². The first kappa shape index (κ1) is 12.7. The van der Waals surface area contributed by atoms with Gasteiger partial charge in [0, 0.05) is 12.6 Å². The maximum absolute atomic E-state index is 11.8. The summed E-state index contributed by atoms with van der Waals surface area (Å²) in [6, 6.07) is 9.15. The van der Waals surface area contributed by atoms with Crippen LogP contribution in [0.2, 0.25) is 0 Å². The summed E-state index contributed by atoms with van der Waals surface area (Å²) < 4.78 is 0. The lowest BCUT2D eigenvalue weighted by Gasteiger charge is -2.18. The molecule has 0 aliphatic carbocycles. The lowest BCUT2D eigenvalue weighted by molar-refractivity contribution is -0.123. The molecule has 1 aromatic carbocycles. The van der Waals surface area contributed by atoms with Crippen molar-refractivity contribution in [1.29, 1.82) is 0 Å². The van der Waals surface area contributed by atoms with E-state index in [0.717, 1.165) is 5.56 Å². The molecule has 1 amide bonds. The maximum atomic E-state index is 11.8. The number of nitrogens with one attached hydrogen (secondary N) is 1. The lowest BCUT2D eigenvalue weighted by atomic mass is 9.98. The van der Waals surface area contributed by atoms with E-state index in [1.54, 1.807) is 6.92 Å². The zero-order chi connectivity index (χ0) is 12.0. The average molecular weight is 222 g/mol. The standard InChI is InChI=1S/C12H18N2O2/c1-9(8-15)14-12(16)11(7-13)10-5-3-2-4-6-10/h2-6,9,11,15H,7-8,13H2,1H3,(H,14,16)/t9-,11?/m1/s1. The first-order valence-corrected chi connectivity index (χ1v) is 5.35. The first-order valence-electron chi connectivity index (χ1n) is 5.35. The molecule has 0 aliphatic rings. The van der Waals surface area contributed by atoms with E-state index in [1.807, 2.05) is 30.3 Å². The van der Waals surface area contributed by atoms with E-state index in [-0.39, 0.29) is 31.0 Å². The van der Waals surface area contributed by atoms with Gasteiger partial charge in [-0.2, -0.15) is 0 Å². The normalized spacial score (nSPS) is 14.2. The smallest absolute Gasteiger partial charge is 0.229 e. The van der Waals surface area contributed by atoms with Crippen molar-refractivity contribution in [2.75, 3.05) is 13.2 Å². The molecule has 0 spiro atoms. The van der Waals surface area contributed by atoms with Gasteiger partial charge in [0.2, 0.25) is 5.91 Å². The molecule has 0 fully saturated rings. The number of nitrogens with two attached hydrogens (primary N) is 1. The molecule has 0 saturated heterocycles. The fourth-order valence-corrected chi connectivity index (χ4v) is 1.47. The molecule has 0 saturated carbocycles. The molecule has 1 rings (SSSR count). The van der Waals surface area contributed by atoms with E-state index in [4.69, 9.17) is 10.8 Å². The van der Waals surface area contributed by atoms with Gasteiger partial charge in [-0.05, 0) is 12.5 Å². The highest BCUT2D eigenvalue weighted by Crippen LogP contribution is 2.14. The fraction of sp³-hybridized carbons (Fsp3) is 0.417. The second kappa shape index (κ2) is 6.25. The highest BCUT2D eigenvalue weighted by Gasteiger charge is 2.19. The van der Waals surface area contributed by atoms with E-state index >= 15 is 0 Å². The van der Waals surface area contributed by atoms with E-state index in [0.29, 0.717) is 0 Å². The molecule has 4 N–H and O–H groups in total. The SMILES string of the molecule is C[C@H](CO)NC(=O)C(CN)c1ccccc1. The molecule has 0 aromatic heterocycles. The summed E-state index contributed by atoms with van der Waals surface area (Å²) >= 11 is 0. The van der Waals surface area contributed by atoms with Crippen LogP contribution in [0.25, 0.3) is 0 Å². The van der Waals surface area contributed by atoms with Gasteiger partial charge in [0.15, 0.2) is 0 Å². The molecule has 0 radical (unpaired) electrons. The summed E-state index contributed by atoms with van der Waals surface area (Å²) in [6.45, 7) is 1.93. The van der Waals surface area contributed by atoms with Crippen LogP contribution in [0.3, 0.4) is 0 Å². The molecule has 2 atom stereocenters. The van der Waals surface area contributed by atoms with Crippen LogP contribution in [0.15, 0.2) is 30.3 Å². The summed E-state index contributed by atoms with van der Waals surface area (Å²) in [6.07, 6.45) is 0. The van der Waals surface area contributed by atoms with Crippen LogP contribution in [0, 0.1) is 0 Å². The van der Waals surface area contributed by atoms with Crippen LogP contribution >= 0.6 is 0 Å². The topological polar surface area (TPSA) is 75.3 Å². The summed E-state index contributed by atoms with van der Waals surface area (Å²) in [7, 11) is 0. The predicted molar refractivity (Wildman–Crippen MR) is 62.9 cm³/mol. The third-order valence-corrected chi connectivity index (χ3v) is 2.42. The van der Waals surface area contributed by atoms with E-state index in [2.05, 4.69) is 5.32 Å². The Labute approximate surface area is 95.5 Å². The molecule has 4 heteroatoms. The lowest BCUT2D eigenvalue weighted by Crippen LogP contribution is -2.40. The predicted octanol–water partition coefficient (Wildman–Crippen LogP) is 0.226. The molecule has 0 aliphatic heterocycles. The number of aliphatic hydroxyl groups is 1. The van der Waals surface area contributed by atoms with Gasteiger partial charge in [-0.25, -0.2) is 0 Å². The number of carbonyl (C=O) groups is 1. The van der Waals surface area contributed by atoms with Crippen molar-refractivity contribution in [3.05, 3.63) is 35.9 Å². The minimum atomic E-state index is -0.352. The monoisotopic (exact) mass is 222 g/mol.